The third-order valence-electron chi connectivity index (χ3n) is 5.07. The van der Waals surface area contributed by atoms with Crippen LogP contribution >= 0.6 is 12.2 Å². The minimum absolute atomic E-state index is 0.907. The molecule has 0 N–H and O–H groups in total. The molecule has 0 nitrogen and oxygen atoms in total. The SMILES string of the molecule is CCCc1cc(C=CC(=S)c2ccc(CC)cc2)cc(CCC)c1CCC. The van der Waals surface area contributed by atoms with Gasteiger partial charge in [-0.15, -0.1) is 0 Å². The largest absolute Gasteiger partial charge is 0.0795 e. The van der Waals surface area contributed by atoms with Gasteiger partial charge in [-0.2, -0.15) is 0 Å². The van der Waals surface area contributed by atoms with Gasteiger partial charge in [0.1, 0.15) is 0 Å². The van der Waals surface area contributed by atoms with Gasteiger partial charge in [0.2, 0.25) is 0 Å². The fourth-order valence-corrected chi connectivity index (χ4v) is 3.85. The topological polar surface area (TPSA) is 0 Å². The zero-order chi connectivity index (χ0) is 19.6. The van der Waals surface area contributed by atoms with Crippen LogP contribution in [-0.4, -0.2) is 4.86 Å². The number of hydrogen-bond donors (Lipinski definition) is 0. The summed E-state index contributed by atoms with van der Waals surface area (Å²) in [6.07, 6.45) is 12.5. The summed E-state index contributed by atoms with van der Waals surface area (Å²) in [5, 5.41) is 0. The molecular formula is C26H34S. The van der Waals surface area contributed by atoms with Crippen LogP contribution in [0.4, 0.5) is 0 Å². The maximum Gasteiger partial charge on any atom is 0.0449 e. The smallest absolute Gasteiger partial charge is 0.0449 e. The third-order valence-corrected chi connectivity index (χ3v) is 5.44. The molecule has 1 heteroatoms. The van der Waals surface area contributed by atoms with Crippen LogP contribution in [0.3, 0.4) is 0 Å². The van der Waals surface area contributed by atoms with Gasteiger partial charge >= 0.3 is 0 Å². The number of thiocarbonyl (C=S) groups is 1. The van der Waals surface area contributed by atoms with E-state index in [1.807, 2.05) is 0 Å². The summed E-state index contributed by atoms with van der Waals surface area (Å²) in [5.74, 6) is 0. The molecule has 144 valence electrons. The quantitative estimate of drug-likeness (QED) is 0.234. The van der Waals surface area contributed by atoms with Gasteiger partial charge in [-0.25, -0.2) is 0 Å². The molecule has 0 radical (unpaired) electrons. The lowest BCUT2D eigenvalue weighted by molar-refractivity contribution is 0.825. The first-order valence-electron chi connectivity index (χ1n) is 10.6. The molecule has 0 saturated carbocycles. The van der Waals surface area contributed by atoms with Gasteiger partial charge < -0.3 is 0 Å². The average Bonchev–Trinajstić information content (AvgIpc) is 2.69. The first kappa shape index (κ1) is 21.6. The molecule has 2 aromatic rings. The molecule has 0 atom stereocenters. The Kier molecular flexibility index (Phi) is 8.94. The van der Waals surface area contributed by atoms with Crippen molar-refractivity contribution in [3.05, 3.63) is 75.9 Å². The van der Waals surface area contributed by atoms with Crippen LogP contribution in [0.15, 0.2) is 42.5 Å². The molecule has 0 aliphatic rings. The lowest BCUT2D eigenvalue weighted by Crippen LogP contribution is -2.02. The lowest BCUT2D eigenvalue weighted by Gasteiger charge is -2.16. The molecule has 0 aliphatic carbocycles. The summed E-state index contributed by atoms with van der Waals surface area (Å²) in [4.78, 5) is 0.907. The van der Waals surface area contributed by atoms with Crippen molar-refractivity contribution in [2.45, 2.75) is 72.6 Å². The van der Waals surface area contributed by atoms with E-state index in [1.165, 1.54) is 47.9 Å². The van der Waals surface area contributed by atoms with E-state index in [1.54, 1.807) is 5.56 Å². The monoisotopic (exact) mass is 378 g/mol. The Morgan fingerprint density at radius 3 is 1.85 bits per heavy atom. The van der Waals surface area contributed by atoms with E-state index in [0.29, 0.717) is 0 Å². The van der Waals surface area contributed by atoms with Crippen LogP contribution < -0.4 is 0 Å². The van der Waals surface area contributed by atoms with Crippen LogP contribution in [0.2, 0.25) is 0 Å². The van der Waals surface area contributed by atoms with Crippen LogP contribution in [-0.2, 0) is 25.7 Å². The van der Waals surface area contributed by atoms with Crippen molar-refractivity contribution in [1.82, 2.24) is 0 Å². The fraction of sp³-hybridized carbons (Fsp3) is 0.423. The van der Waals surface area contributed by atoms with Crippen LogP contribution in [0.5, 0.6) is 0 Å². The molecule has 0 aromatic heterocycles. The molecule has 0 amide bonds. The number of aryl methyl sites for hydroxylation is 3. The van der Waals surface area contributed by atoms with E-state index in [0.717, 1.165) is 29.7 Å². The van der Waals surface area contributed by atoms with E-state index >= 15 is 0 Å². The van der Waals surface area contributed by atoms with Crippen molar-refractivity contribution in [3.8, 4) is 0 Å². The molecule has 0 aliphatic heterocycles. The van der Waals surface area contributed by atoms with Gasteiger partial charge in [-0.1, -0.05) is 102 Å². The highest BCUT2D eigenvalue weighted by Gasteiger charge is 2.09. The Balaban J connectivity index is 2.30. The predicted molar refractivity (Wildman–Crippen MR) is 125 cm³/mol. The molecule has 2 rings (SSSR count). The second-order valence-electron chi connectivity index (χ2n) is 7.32. The van der Waals surface area contributed by atoms with E-state index in [4.69, 9.17) is 12.2 Å². The summed E-state index contributed by atoms with van der Waals surface area (Å²) in [6, 6.07) is 13.4. The Morgan fingerprint density at radius 1 is 0.815 bits per heavy atom. The molecule has 27 heavy (non-hydrogen) atoms. The molecule has 0 fully saturated rings. The normalized spacial score (nSPS) is 11.3. The summed E-state index contributed by atoms with van der Waals surface area (Å²) in [6.45, 7) is 9.00. The third kappa shape index (κ3) is 6.14. The van der Waals surface area contributed by atoms with Crippen LogP contribution in [0, 0.1) is 0 Å². The maximum atomic E-state index is 5.65. The first-order chi connectivity index (χ1) is 13.1. The lowest BCUT2D eigenvalue weighted by atomic mass is 9.90. The highest BCUT2D eigenvalue weighted by Crippen LogP contribution is 2.24. The van der Waals surface area contributed by atoms with Crippen molar-refractivity contribution < 1.29 is 0 Å². The Bertz CT molecular complexity index is 738. The Labute approximate surface area is 171 Å². The van der Waals surface area contributed by atoms with Gasteiger partial charge in [-0.3, -0.25) is 0 Å². The van der Waals surface area contributed by atoms with Gasteiger partial charge in [-0.05, 0) is 65.1 Å². The molecule has 0 heterocycles. The van der Waals surface area contributed by atoms with Crippen molar-refractivity contribution in [1.29, 1.82) is 0 Å². The van der Waals surface area contributed by atoms with Gasteiger partial charge in [0.25, 0.3) is 0 Å². The predicted octanol–water partition coefficient (Wildman–Crippen LogP) is 7.54. The summed E-state index contributed by atoms with van der Waals surface area (Å²) in [5.41, 5.74) is 8.42. The summed E-state index contributed by atoms with van der Waals surface area (Å²) in [7, 11) is 0. The number of benzene rings is 2. The van der Waals surface area contributed by atoms with Crippen molar-refractivity contribution in [2.75, 3.05) is 0 Å². The first-order valence-corrected chi connectivity index (χ1v) is 11.0. The second-order valence-corrected chi connectivity index (χ2v) is 7.76. The van der Waals surface area contributed by atoms with E-state index in [2.05, 4.69) is 76.2 Å². The molecular weight excluding hydrogens is 344 g/mol. The fourth-order valence-electron chi connectivity index (χ4n) is 3.65. The average molecular weight is 379 g/mol. The molecule has 0 saturated heterocycles. The van der Waals surface area contributed by atoms with Crippen molar-refractivity contribution >= 4 is 23.2 Å². The minimum atomic E-state index is 0.907. The van der Waals surface area contributed by atoms with E-state index in [-0.39, 0.29) is 0 Å². The highest BCUT2D eigenvalue weighted by molar-refractivity contribution is 7.81. The molecule has 2 aromatic carbocycles. The standard InChI is InChI=1S/C26H34S/c1-5-9-23-18-21(19-24(10-6-2)25(23)11-7-3)14-17-26(27)22-15-12-20(8-4)13-16-22/h12-19H,5-11H2,1-4H3. The molecule has 0 spiro atoms. The number of allylic oxidation sites excluding steroid dienone is 1. The number of rotatable bonds is 10. The van der Waals surface area contributed by atoms with Crippen molar-refractivity contribution in [2.24, 2.45) is 0 Å². The van der Waals surface area contributed by atoms with Crippen LogP contribution in [0.1, 0.15) is 80.3 Å². The van der Waals surface area contributed by atoms with Crippen molar-refractivity contribution in [3.63, 3.8) is 0 Å². The molecule has 0 bridgehead atoms. The summed E-state index contributed by atoms with van der Waals surface area (Å²) >= 11 is 5.65. The molecule has 0 unspecified atom stereocenters. The van der Waals surface area contributed by atoms with E-state index in [9.17, 15) is 0 Å². The highest BCUT2D eigenvalue weighted by atomic mass is 32.1. The Morgan fingerprint density at radius 2 is 1.37 bits per heavy atom. The minimum Gasteiger partial charge on any atom is -0.0795 e. The van der Waals surface area contributed by atoms with Crippen LogP contribution in [0.25, 0.3) is 6.08 Å². The summed E-state index contributed by atoms with van der Waals surface area (Å²) < 4.78 is 0. The second kappa shape index (κ2) is 11.2. The Hall–Kier alpha value is -1.73. The zero-order valence-corrected chi connectivity index (χ0v) is 18.3. The zero-order valence-electron chi connectivity index (χ0n) is 17.5. The van der Waals surface area contributed by atoms with Gasteiger partial charge in [0.15, 0.2) is 0 Å². The van der Waals surface area contributed by atoms with Gasteiger partial charge in [0, 0.05) is 4.86 Å². The number of hydrogen-bond acceptors (Lipinski definition) is 1. The maximum absolute atomic E-state index is 5.65. The van der Waals surface area contributed by atoms with Gasteiger partial charge in [0.05, 0.1) is 0 Å². The van der Waals surface area contributed by atoms with E-state index < -0.39 is 0 Å².